The van der Waals surface area contributed by atoms with Gasteiger partial charge in [0.2, 0.25) is 11.9 Å². The molecule has 1 aromatic heterocycles. The summed E-state index contributed by atoms with van der Waals surface area (Å²) in [5, 5.41) is 3.11. The third-order valence-corrected chi connectivity index (χ3v) is 2.54. The third kappa shape index (κ3) is 4.28. The predicted octanol–water partition coefficient (Wildman–Crippen LogP) is 2.13. The van der Waals surface area contributed by atoms with Crippen LogP contribution in [-0.4, -0.2) is 28.2 Å². The summed E-state index contributed by atoms with van der Waals surface area (Å²) in [5.74, 6) is 0.439. The van der Waals surface area contributed by atoms with Gasteiger partial charge in [-0.25, -0.2) is 0 Å². The summed E-state index contributed by atoms with van der Waals surface area (Å²) < 4.78 is 10.6. The monoisotopic (exact) mass is 289 g/mol. The molecule has 0 aliphatic rings. The van der Waals surface area contributed by atoms with E-state index in [2.05, 4.69) is 20.3 Å². The van der Waals surface area contributed by atoms with Crippen molar-refractivity contribution < 1.29 is 9.47 Å². The fourth-order valence-corrected chi connectivity index (χ4v) is 1.74. The average Bonchev–Trinajstić information content (AvgIpc) is 2.40. The Labute approximate surface area is 123 Å². The predicted molar refractivity (Wildman–Crippen MR) is 80.4 cm³/mol. The number of hydrogen-bond donors (Lipinski definition) is 2. The van der Waals surface area contributed by atoms with E-state index in [4.69, 9.17) is 15.2 Å². The second-order valence-corrected chi connectivity index (χ2v) is 4.68. The molecule has 112 valence electrons. The van der Waals surface area contributed by atoms with Gasteiger partial charge < -0.3 is 20.5 Å². The molecule has 0 atom stereocenters. The highest BCUT2D eigenvalue weighted by Gasteiger charge is 2.09. The van der Waals surface area contributed by atoms with Crippen molar-refractivity contribution in [2.45, 2.75) is 26.6 Å². The maximum atomic E-state index is 5.68. The lowest BCUT2D eigenvalue weighted by atomic mass is 10.2. The fraction of sp³-hybridized carbons (Fsp3) is 0.357. The van der Waals surface area contributed by atoms with Crippen molar-refractivity contribution in [3.8, 4) is 6.01 Å². The maximum absolute atomic E-state index is 5.68. The molecule has 0 saturated heterocycles. The zero-order chi connectivity index (χ0) is 15.2. The van der Waals surface area contributed by atoms with E-state index in [0.717, 1.165) is 11.3 Å². The molecule has 0 fully saturated rings. The number of nitrogens with one attached hydrogen (secondary N) is 1. The van der Waals surface area contributed by atoms with Crippen LogP contribution in [0.3, 0.4) is 0 Å². The van der Waals surface area contributed by atoms with Gasteiger partial charge in [0.15, 0.2) is 0 Å². The molecule has 7 nitrogen and oxygen atoms in total. The molecule has 1 aromatic carbocycles. The quantitative estimate of drug-likeness (QED) is 0.841. The molecule has 2 aromatic rings. The van der Waals surface area contributed by atoms with E-state index in [-0.39, 0.29) is 18.1 Å². The van der Waals surface area contributed by atoms with Gasteiger partial charge in [-0.1, -0.05) is 18.2 Å². The highest BCUT2D eigenvalue weighted by Crippen LogP contribution is 2.20. The second-order valence-electron chi connectivity index (χ2n) is 4.68. The van der Waals surface area contributed by atoms with Crippen molar-refractivity contribution in [1.29, 1.82) is 0 Å². The number of rotatable bonds is 6. The lowest BCUT2D eigenvalue weighted by Crippen LogP contribution is -2.12. The number of anilines is 3. The van der Waals surface area contributed by atoms with Crippen molar-refractivity contribution in [3.05, 3.63) is 29.8 Å². The first kappa shape index (κ1) is 15.0. The molecular formula is C14H19N5O2. The van der Waals surface area contributed by atoms with E-state index in [1.807, 2.05) is 38.1 Å². The van der Waals surface area contributed by atoms with Crippen LogP contribution in [0.25, 0.3) is 0 Å². The minimum atomic E-state index is -0.0413. The molecule has 2 rings (SSSR count). The van der Waals surface area contributed by atoms with Crippen molar-refractivity contribution in [2.75, 3.05) is 18.2 Å². The van der Waals surface area contributed by atoms with Crippen LogP contribution in [0.4, 0.5) is 17.6 Å². The average molecular weight is 289 g/mol. The number of para-hydroxylation sites is 1. The Bertz CT molecular complexity index is 604. The molecule has 0 bridgehead atoms. The summed E-state index contributed by atoms with van der Waals surface area (Å²) in [6.07, 6.45) is -0.0413. The Balaban J connectivity index is 2.25. The van der Waals surface area contributed by atoms with Crippen LogP contribution in [0.5, 0.6) is 6.01 Å². The largest absolute Gasteiger partial charge is 0.461 e. The number of nitrogens with zero attached hydrogens (tertiary/aromatic N) is 3. The van der Waals surface area contributed by atoms with Gasteiger partial charge in [0.1, 0.15) is 0 Å². The molecule has 0 saturated carbocycles. The molecule has 3 N–H and O–H groups in total. The Morgan fingerprint density at radius 2 is 1.95 bits per heavy atom. The van der Waals surface area contributed by atoms with E-state index < -0.39 is 0 Å². The normalized spacial score (nSPS) is 10.7. The molecule has 0 aliphatic carbocycles. The zero-order valence-corrected chi connectivity index (χ0v) is 12.3. The Morgan fingerprint density at radius 1 is 1.19 bits per heavy atom. The Kier molecular flexibility index (Phi) is 4.89. The van der Waals surface area contributed by atoms with Crippen LogP contribution < -0.4 is 15.8 Å². The number of hydrogen-bond acceptors (Lipinski definition) is 7. The summed E-state index contributed by atoms with van der Waals surface area (Å²) in [6.45, 7) is 4.26. The summed E-state index contributed by atoms with van der Waals surface area (Å²) in [5.41, 5.74) is 7.52. The van der Waals surface area contributed by atoms with Crippen LogP contribution >= 0.6 is 0 Å². The SMILES string of the molecule is COCc1ccccc1Nc1nc(N)nc(OC(C)C)n1. The number of benzene rings is 1. The smallest absolute Gasteiger partial charge is 0.323 e. The highest BCUT2D eigenvalue weighted by molar-refractivity contribution is 5.58. The maximum Gasteiger partial charge on any atom is 0.323 e. The lowest BCUT2D eigenvalue weighted by molar-refractivity contribution is 0.185. The first-order valence-corrected chi connectivity index (χ1v) is 6.60. The Hall–Kier alpha value is -2.41. The minimum absolute atomic E-state index is 0.0413. The van der Waals surface area contributed by atoms with Crippen LogP contribution in [0, 0.1) is 0 Å². The van der Waals surface area contributed by atoms with Crippen LogP contribution in [0.1, 0.15) is 19.4 Å². The fourth-order valence-electron chi connectivity index (χ4n) is 1.74. The van der Waals surface area contributed by atoms with Crippen molar-refractivity contribution in [2.24, 2.45) is 0 Å². The molecule has 7 heteroatoms. The first-order valence-electron chi connectivity index (χ1n) is 6.60. The molecule has 21 heavy (non-hydrogen) atoms. The summed E-state index contributed by atoms with van der Waals surface area (Å²) in [6, 6.07) is 7.93. The van der Waals surface area contributed by atoms with E-state index in [1.54, 1.807) is 7.11 Å². The van der Waals surface area contributed by atoms with E-state index in [0.29, 0.717) is 12.6 Å². The van der Waals surface area contributed by atoms with Crippen molar-refractivity contribution in [1.82, 2.24) is 15.0 Å². The number of nitrogens with two attached hydrogens (primary N) is 1. The molecule has 0 amide bonds. The highest BCUT2D eigenvalue weighted by atomic mass is 16.5. The van der Waals surface area contributed by atoms with Gasteiger partial charge in [0.05, 0.1) is 12.7 Å². The number of ether oxygens (including phenoxy) is 2. The second kappa shape index (κ2) is 6.85. The molecule has 0 radical (unpaired) electrons. The van der Waals surface area contributed by atoms with Gasteiger partial charge in [0, 0.05) is 18.4 Å². The molecule has 0 spiro atoms. The lowest BCUT2D eigenvalue weighted by Gasteiger charge is -2.12. The zero-order valence-electron chi connectivity index (χ0n) is 12.3. The summed E-state index contributed by atoms with van der Waals surface area (Å²) in [4.78, 5) is 12.2. The Morgan fingerprint density at radius 3 is 2.67 bits per heavy atom. The van der Waals surface area contributed by atoms with Crippen molar-refractivity contribution >= 4 is 17.6 Å². The van der Waals surface area contributed by atoms with Crippen molar-refractivity contribution in [3.63, 3.8) is 0 Å². The van der Waals surface area contributed by atoms with Gasteiger partial charge in [-0.05, 0) is 19.9 Å². The molecule has 0 aliphatic heterocycles. The number of nitrogen functional groups attached to an aromatic ring is 1. The van der Waals surface area contributed by atoms with E-state index in [9.17, 15) is 0 Å². The standard InChI is InChI=1S/C14H19N5O2/c1-9(2)21-14-18-12(15)17-13(19-14)16-11-7-5-4-6-10(11)8-20-3/h4-7,9H,8H2,1-3H3,(H3,15,16,17,18,19). The topological polar surface area (TPSA) is 95.2 Å². The van der Waals surface area contributed by atoms with Gasteiger partial charge >= 0.3 is 6.01 Å². The molecule has 0 unspecified atom stereocenters. The third-order valence-electron chi connectivity index (χ3n) is 2.54. The van der Waals surface area contributed by atoms with Crippen LogP contribution in [-0.2, 0) is 11.3 Å². The first-order chi connectivity index (χ1) is 10.1. The number of aromatic nitrogens is 3. The molecule has 1 heterocycles. The van der Waals surface area contributed by atoms with Gasteiger partial charge in [-0.2, -0.15) is 15.0 Å². The van der Waals surface area contributed by atoms with Crippen LogP contribution in [0.2, 0.25) is 0 Å². The van der Waals surface area contributed by atoms with Crippen LogP contribution in [0.15, 0.2) is 24.3 Å². The van der Waals surface area contributed by atoms with Gasteiger partial charge in [0.25, 0.3) is 0 Å². The minimum Gasteiger partial charge on any atom is -0.461 e. The number of methoxy groups -OCH3 is 1. The summed E-state index contributed by atoms with van der Waals surface area (Å²) >= 11 is 0. The van der Waals surface area contributed by atoms with Gasteiger partial charge in [-0.15, -0.1) is 0 Å². The van der Waals surface area contributed by atoms with Gasteiger partial charge in [-0.3, -0.25) is 0 Å². The van der Waals surface area contributed by atoms with E-state index in [1.165, 1.54) is 0 Å². The molecular weight excluding hydrogens is 270 g/mol. The van der Waals surface area contributed by atoms with E-state index >= 15 is 0 Å². The summed E-state index contributed by atoms with van der Waals surface area (Å²) in [7, 11) is 1.65.